The Hall–Kier alpha value is -1.02. The van der Waals surface area contributed by atoms with E-state index in [0.29, 0.717) is 0 Å². The molecule has 0 aliphatic rings. The number of ether oxygens (including phenoxy) is 2. The number of halogens is 6. The number of hydrogen-bond acceptors (Lipinski definition) is 2. The van der Waals surface area contributed by atoms with Crippen LogP contribution in [0.15, 0.2) is 24.6 Å². The lowest BCUT2D eigenvalue weighted by Crippen LogP contribution is -2.39. The van der Waals surface area contributed by atoms with Crippen molar-refractivity contribution in [3.63, 3.8) is 0 Å². The van der Waals surface area contributed by atoms with Gasteiger partial charge in [-0.1, -0.05) is 6.08 Å². The van der Waals surface area contributed by atoms with Crippen LogP contribution in [-0.4, -0.2) is 26.2 Å². The van der Waals surface area contributed by atoms with E-state index in [2.05, 4.69) is 16.1 Å². The molecule has 0 rings (SSSR count). The molecular weight excluding hydrogens is 278 g/mol. The molecule has 0 spiro atoms. The van der Waals surface area contributed by atoms with Gasteiger partial charge in [0.05, 0.1) is 0 Å². The second kappa shape index (κ2) is 8.21. The monoisotopic (exact) mass is 292 g/mol. The van der Waals surface area contributed by atoms with Gasteiger partial charge in [-0.25, -0.2) is 4.39 Å². The summed E-state index contributed by atoms with van der Waals surface area (Å²) in [6, 6.07) is 0. The summed E-state index contributed by atoms with van der Waals surface area (Å²) in [5, 5.41) is 0. The van der Waals surface area contributed by atoms with Gasteiger partial charge in [0.1, 0.15) is 6.79 Å². The van der Waals surface area contributed by atoms with Gasteiger partial charge in [-0.15, -0.1) is 6.58 Å². The Morgan fingerprint density at radius 1 is 1.26 bits per heavy atom. The third kappa shape index (κ3) is 6.63. The SMILES string of the molecule is C=CCC(CC(F)=C(F)F)C(OCOC)C(F)(F)F. The van der Waals surface area contributed by atoms with Gasteiger partial charge < -0.3 is 9.47 Å². The summed E-state index contributed by atoms with van der Waals surface area (Å²) in [6.07, 6.45) is -10.2. The Morgan fingerprint density at radius 2 is 1.84 bits per heavy atom. The number of hydrogen-bond donors (Lipinski definition) is 0. The fraction of sp³-hybridized carbons (Fsp3) is 0.636. The summed E-state index contributed by atoms with van der Waals surface area (Å²) in [5.41, 5.74) is 0. The molecule has 112 valence electrons. The van der Waals surface area contributed by atoms with Crippen LogP contribution in [0.2, 0.25) is 0 Å². The minimum atomic E-state index is -4.82. The first-order valence-electron chi connectivity index (χ1n) is 5.21. The van der Waals surface area contributed by atoms with Gasteiger partial charge in [0.25, 0.3) is 0 Å². The van der Waals surface area contributed by atoms with Crippen LogP contribution in [0.5, 0.6) is 0 Å². The molecule has 0 aromatic heterocycles. The maximum Gasteiger partial charge on any atom is 0.415 e. The van der Waals surface area contributed by atoms with Crippen molar-refractivity contribution in [2.45, 2.75) is 25.1 Å². The van der Waals surface area contributed by atoms with Crippen molar-refractivity contribution in [2.24, 2.45) is 5.92 Å². The largest absolute Gasteiger partial charge is 0.415 e. The second-order valence-electron chi connectivity index (χ2n) is 3.69. The van der Waals surface area contributed by atoms with Gasteiger partial charge in [-0.3, -0.25) is 0 Å². The zero-order chi connectivity index (χ0) is 15.1. The number of methoxy groups -OCH3 is 1. The fourth-order valence-corrected chi connectivity index (χ4v) is 1.47. The van der Waals surface area contributed by atoms with Crippen molar-refractivity contribution in [3.05, 3.63) is 24.6 Å². The van der Waals surface area contributed by atoms with Crippen molar-refractivity contribution in [1.82, 2.24) is 0 Å². The molecule has 0 saturated heterocycles. The standard InChI is InChI=1S/C11H14F6O2/c1-3-4-7(5-8(12)10(13)14)9(11(15,16)17)19-6-18-2/h3,7,9H,1,4-6H2,2H3. The van der Waals surface area contributed by atoms with Gasteiger partial charge in [0, 0.05) is 19.4 Å². The summed E-state index contributed by atoms with van der Waals surface area (Å²) in [5.74, 6) is -3.42. The maximum absolute atomic E-state index is 12.8. The Bertz CT molecular complexity index is 309. The average Bonchev–Trinajstić information content (AvgIpc) is 2.27. The highest BCUT2D eigenvalue weighted by atomic mass is 19.4. The van der Waals surface area contributed by atoms with Gasteiger partial charge in [-0.05, 0) is 6.42 Å². The molecule has 0 aliphatic heterocycles. The summed E-state index contributed by atoms with van der Waals surface area (Å²) < 4.78 is 83.7. The number of alkyl halides is 3. The molecule has 0 aromatic rings. The molecule has 2 nitrogen and oxygen atoms in total. The molecule has 0 fully saturated rings. The first-order valence-corrected chi connectivity index (χ1v) is 5.21. The third-order valence-electron chi connectivity index (χ3n) is 2.23. The van der Waals surface area contributed by atoms with E-state index in [1.807, 2.05) is 0 Å². The van der Waals surface area contributed by atoms with Crippen molar-refractivity contribution in [1.29, 1.82) is 0 Å². The van der Waals surface area contributed by atoms with Gasteiger partial charge in [0.15, 0.2) is 11.9 Å². The predicted octanol–water partition coefficient (Wildman–Crippen LogP) is 4.20. The zero-order valence-corrected chi connectivity index (χ0v) is 10.1. The van der Waals surface area contributed by atoms with Crippen LogP contribution in [0.3, 0.4) is 0 Å². The summed E-state index contributed by atoms with van der Waals surface area (Å²) >= 11 is 0. The van der Waals surface area contributed by atoms with Crippen LogP contribution in [0.4, 0.5) is 26.3 Å². The fourth-order valence-electron chi connectivity index (χ4n) is 1.47. The molecule has 0 aliphatic carbocycles. The van der Waals surface area contributed by atoms with Gasteiger partial charge in [0.2, 0.25) is 0 Å². The first kappa shape index (κ1) is 18.0. The van der Waals surface area contributed by atoms with Crippen LogP contribution in [0.1, 0.15) is 12.8 Å². The second-order valence-corrected chi connectivity index (χ2v) is 3.69. The highest BCUT2D eigenvalue weighted by Crippen LogP contribution is 2.35. The van der Waals surface area contributed by atoms with E-state index in [9.17, 15) is 26.3 Å². The minimum absolute atomic E-state index is 0.325. The lowest BCUT2D eigenvalue weighted by atomic mass is 9.93. The average molecular weight is 292 g/mol. The number of allylic oxidation sites excluding steroid dienone is 2. The molecule has 19 heavy (non-hydrogen) atoms. The molecule has 0 radical (unpaired) electrons. The lowest BCUT2D eigenvalue weighted by Gasteiger charge is -2.27. The van der Waals surface area contributed by atoms with Crippen LogP contribution in [-0.2, 0) is 9.47 Å². The van der Waals surface area contributed by atoms with Crippen molar-refractivity contribution in [2.75, 3.05) is 13.9 Å². The third-order valence-corrected chi connectivity index (χ3v) is 2.23. The van der Waals surface area contributed by atoms with Crippen molar-refractivity contribution < 1.29 is 35.8 Å². The van der Waals surface area contributed by atoms with E-state index in [-0.39, 0.29) is 6.42 Å². The van der Waals surface area contributed by atoms with E-state index in [4.69, 9.17) is 0 Å². The first-order chi connectivity index (χ1) is 8.73. The lowest BCUT2D eigenvalue weighted by molar-refractivity contribution is -0.255. The van der Waals surface area contributed by atoms with E-state index in [0.717, 1.165) is 13.2 Å². The summed E-state index contributed by atoms with van der Waals surface area (Å²) in [6.45, 7) is 2.54. The van der Waals surface area contributed by atoms with E-state index >= 15 is 0 Å². The Balaban J connectivity index is 5.05. The molecule has 0 N–H and O–H groups in total. The molecule has 2 atom stereocenters. The maximum atomic E-state index is 12.8. The minimum Gasteiger partial charge on any atom is -0.359 e. The summed E-state index contributed by atoms with van der Waals surface area (Å²) in [7, 11) is 1.11. The van der Waals surface area contributed by atoms with E-state index in [1.165, 1.54) is 0 Å². The van der Waals surface area contributed by atoms with E-state index in [1.54, 1.807) is 0 Å². The predicted molar refractivity (Wildman–Crippen MR) is 56.1 cm³/mol. The van der Waals surface area contributed by atoms with Gasteiger partial charge >= 0.3 is 12.3 Å². The van der Waals surface area contributed by atoms with Crippen LogP contribution in [0, 0.1) is 5.92 Å². The Kier molecular flexibility index (Phi) is 7.77. The van der Waals surface area contributed by atoms with Crippen molar-refractivity contribution >= 4 is 0 Å². The van der Waals surface area contributed by atoms with Crippen molar-refractivity contribution in [3.8, 4) is 0 Å². The molecule has 0 amide bonds. The van der Waals surface area contributed by atoms with E-state index < -0.39 is 43.3 Å². The molecule has 0 bridgehead atoms. The van der Waals surface area contributed by atoms with Crippen LogP contribution < -0.4 is 0 Å². The molecule has 0 aromatic carbocycles. The zero-order valence-electron chi connectivity index (χ0n) is 10.1. The molecule has 8 heteroatoms. The molecular formula is C11H14F6O2. The molecule has 0 heterocycles. The van der Waals surface area contributed by atoms with Crippen LogP contribution in [0.25, 0.3) is 0 Å². The summed E-state index contributed by atoms with van der Waals surface area (Å²) in [4.78, 5) is 0. The Morgan fingerprint density at radius 3 is 2.21 bits per heavy atom. The molecule has 0 saturated carbocycles. The highest BCUT2D eigenvalue weighted by molar-refractivity contribution is 4.97. The Labute approximate surface area is 106 Å². The number of rotatable bonds is 8. The topological polar surface area (TPSA) is 18.5 Å². The van der Waals surface area contributed by atoms with Gasteiger partial charge in [-0.2, -0.15) is 22.0 Å². The molecule has 2 unspecified atom stereocenters. The smallest absolute Gasteiger partial charge is 0.359 e. The quantitative estimate of drug-likeness (QED) is 0.379. The normalized spacial score (nSPS) is 14.9. The highest BCUT2D eigenvalue weighted by Gasteiger charge is 2.45. The van der Waals surface area contributed by atoms with Crippen LogP contribution >= 0.6 is 0 Å².